The molecule has 0 atom stereocenters. The van der Waals surface area contributed by atoms with E-state index in [9.17, 15) is 13.2 Å². The van der Waals surface area contributed by atoms with Gasteiger partial charge in [0.05, 0.1) is 5.69 Å². The van der Waals surface area contributed by atoms with E-state index in [1.807, 2.05) is 45.9 Å². The van der Waals surface area contributed by atoms with Gasteiger partial charge in [-0.05, 0) is 23.0 Å². The molecule has 6 nitrogen and oxygen atoms in total. The third kappa shape index (κ3) is 3.87. The summed E-state index contributed by atoms with van der Waals surface area (Å²) < 4.78 is 26.9. The Morgan fingerprint density at radius 2 is 1.57 bits per heavy atom. The number of rotatable bonds is 5. The van der Waals surface area contributed by atoms with E-state index in [-0.39, 0.29) is 16.1 Å². The Hall–Kier alpha value is -1.76. The highest BCUT2D eigenvalue weighted by molar-refractivity contribution is 7.90. The summed E-state index contributed by atoms with van der Waals surface area (Å²) in [7, 11) is -3.14. The van der Waals surface area contributed by atoms with Gasteiger partial charge >= 0.3 is 16.3 Å². The van der Waals surface area contributed by atoms with Crippen molar-refractivity contribution in [2.24, 2.45) is 0 Å². The molecule has 0 aliphatic rings. The van der Waals surface area contributed by atoms with Gasteiger partial charge in [-0.15, -0.1) is 0 Å². The molecule has 0 saturated heterocycles. The Morgan fingerprint density at radius 3 is 1.90 bits per heavy atom. The number of nitrogens with zero attached hydrogens (tertiary/aromatic N) is 1. The van der Waals surface area contributed by atoms with Crippen LogP contribution < -0.4 is 4.72 Å². The van der Waals surface area contributed by atoms with Crippen LogP contribution in [0.4, 0.5) is 10.5 Å². The normalized spacial score (nSPS) is 11.8. The fourth-order valence-corrected chi connectivity index (χ4v) is 2.81. The first kappa shape index (κ1) is 17.3. The molecule has 0 saturated carbocycles. The van der Waals surface area contributed by atoms with Crippen LogP contribution in [0.5, 0.6) is 0 Å². The maximum Gasteiger partial charge on any atom is 0.422 e. The molecule has 0 aromatic heterocycles. The van der Waals surface area contributed by atoms with Crippen molar-refractivity contribution in [2.75, 3.05) is 11.8 Å². The van der Waals surface area contributed by atoms with Gasteiger partial charge in [-0.25, -0.2) is 4.79 Å². The number of nitrogens with one attached hydrogen (secondary N) is 1. The van der Waals surface area contributed by atoms with Crippen LogP contribution in [0.3, 0.4) is 0 Å². The molecule has 0 radical (unpaired) electrons. The van der Waals surface area contributed by atoms with E-state index in [1.165, 1.54) is 0 Å². The van der Waals surface area contributed by atoms with Crippen LogP contribution in [0, 0.1) is 0 Å². The molecular formula is C14H22N2O4S. The molecule has 0 spiro atoms. The number of para-hydroxylation sites is 1. The molecule has 7 heteroatoms. The van der Waals surface area contributed by atoms with Crippen molar-refractivity contribution in [3.05, 3.63) is 29.3 Å². The molecule has 0 unspecified atom stereocenters. The molecule has 0 bridgehead atoms. The van der Waals surface area contributed by atoms with Crippen molar-refractivity contribution >= 4 is 22.0 Å². The third-order valence-corrected chi connectivity index (χ3v) is 4.57. The summed E-state index contributed by atoms with van der Waals surface area (Å²) in [5.74, 6) is 0.216. The van der Waals surface area contributed by atoms with E-state index in [2.05, 4.69) is 4.72 Å². The molecule has 1 amide bonds. The van der Waals surface area contributed by atoms with Crippen molar-refractivity contribution in [3.63, 3.8) is 0 Å². The minimum atomic E-state index is -4.14. The van der Waals surface area contributed by atoms with Crippen LogP contribution in [0.1, 0.15) is 50.7 Å². The maximum absolute atomic E-state index is 12.1. The van der Waals surface area contributed by atoms with E-state index in [4.69, 9.17) is 5.11 Å². The van der Waals surface area contributed by atoms with Gasteiger partial charge in [0, 0.05) is 7.05 Å². The van der Waals surface area contributed by atoms with Crippen LogP contribution in [0.15, 0.2) is 18.2 Å². The van der Waals surface area contributed by atoms with Crippen LogP contribution >= 0.6 is 0 Å². The number of benzene rings is 1. The maximum atomic E-state index is 12.1. The Morgan fingerprint density at radius 1 is 1.14 bits per heavy atom. The Kier molecular flexibility index (Phi) is 5.22. The second-order valence-electron chi connectivity index (χ2n) is 5.48. The SMILES string of the molecule is CC(C)c1cccc(C(C)C)c1NS(=O)(=O)N(C)C(=O)O. The molecule has 0 heterocycles. The first-order chi connectivity index (χ1) is 9.58. The second-order valence-corrected chi connectivity index (χ2v) is 7.18. The minimum absolute atomic E-state index is 0.108. The topological polar surface area (TPSA) is 86.7 Å². The van der Waals surface area contributed by atoms with Gasteiger partial charge in [0.15, 0.2) is 0 Å². The van der Waals surface area contributed by atoms with Crippen LogP contribution in [0.2, 0.25) is 0 Å². The molecule has 0 aliphatic heterocycles. The zero-order chi connectivity index (χ0) is 16.4. The van der Waals surface area contributed by atoms with Crippen LogP contribution in [0.25, 0.3) is 0 Å². The average Bonchev–Trinajstić information content (AvgIpc) is 2.36. The predicted octanol–water partition coefficient (Wildman–Crippen LogP) is 3.20. The molecule has 2 N–H and O–H groups in total. The standard InChI is InChI=1S/C14H22N2O4S/c1-9(2)11-7-6-8-12(10(3)4)13(11)15-21(19,20)16(5)14(17)18/h6-10,15H,1-5H3,(H,17,18). The number of amides is 1. The number of carboxylic acid groups (broad SMARTS) is 1. The lowest BCUT2D eigenvalue weighted by molar-refractivity contribution is 0.178. The van der Waals surface area contributed by atoms with Gasteiger partial charge in [-0.1, -0.05) is 45.9 Å². The molecule has 1 rings (SSSR count). The summed E-state index contributed by atoms with van der Waals surface area (Å²) in [4.78, 5) is 10.9. The van der Waals surface area contributed by atoms with E-state index in [1.54, 1.807) is 0 Å². The van der Waals surface area contributed by atoms with Gasteiger partial charge in [-0.3, -0.25) is 4.72 Å². The Balaban J connectivity index is 3.38. The number of anilines is 1. The van der Waals surface area contributed by atoms with Gasteiger partial charge in [-0.2, -0.15) is 12.7 Å². The highest BCUT2D eigenvalue weighted by Crippen LogP contribution is 2.33. The highest BCUT2D eigenvalue weighted by Gasteiger charge is 2.25. The lowest BCUT2D eigenvalue weighted by Gasteiger charge is -2.22. The molecular weight excluding hydrogens is 292 g/mol. The van der Waals surface area contributed by atoms with Gasteiger partial charge < -0.3 is 5.11 Å². The molecule has 21 heavy (non-hydrogen) atoms. The van der Waals surface area contributed by atoms with Crippen molar-refractivity contribution in [3.8, 4) is 0 Å². The summed E-state index contributed by atoms with van der Waals surface area (Å²) in [6.45, 7) is 7.83. The molecule has 1 aromatic rings. The van der Waals surface area contributed by atoms with Gasteiger partial charge in [0.25, 0.3) is 0 Å². The molecule has 1 aromatic carbocycles. The van der Waals surface area contributed by atoms with Crippen molar-refractivity contribution in [2.45, 2.75) is 39.5 Å². The fraction of sp³-hybridized carbons (Fsp3) is 0.500. The smallest absolute Gasteiger partial charge is 0.422 e. The molecule has 0 aliphatic carbocycles. The zero-order valence-corrected chi connectivity index (χ0v) is 13.7. The first-order valence-electron chi connectivity index (χ1n) is 6.70. The van der Waals surface area contributed by atoms with Gasteiger partial charge in [0.1, 0.15) is 0 Å². The summed E-state index contributed by atoms with van der Waals surface area (Å²) >= 11 is 0. The highest BCUT2D eigenvalue weighted by atomic mass is 32.2. The monoisotopic (exact) mass is 314 g/mol. The summed E-state index contributed by atoms with van der Waals surface area (Å²) in [5.41, 5.74) is 2.14. The summed E-state index contributed by atoms with van der Waals surface area (Å²) in [6.07, 6.45) is -1.53. The minimum Gasteiger partial charge on any atom is -0.464 e. The number of hydrogen-bond acceptors (Lipinski definition) is 3. The summed E-state index contributed by atoms with van der Waals surface area (Å²) in [5, 5.41) is 8.86. The second kappa shape index (κ2) is 6.34. The Labute approximate surface area is 126 Å². The number of carbonyl (C=O) groups is 1. The van der Waals surface area contributed by atoms with Crippen molar-refractivity contribution in [1.29, 1.82) is 0 Å². The molecule has 118 valence electrons. The van der Waals surface area contributed by atoms with E-state index in [0.29, 0.717) is 5.69 Å². The molecule has 0 fully saturated rings. The largest absolute Gasteiger partial charge is 0.464 e. The van der Waals surface area contributed by atoms with E-state index >= 15 is 0 Å². The van der Waals surface area contributed by atoms with Crippen molar-refractivity contribution < 1.29 is 18.3 Å². The number of hydrogen-bond donors (Lipinski definition) is 2. The third-order valence-electron chi connectivity index (χ3n) is 3.23. The predicted molar refractivity (Wildman–Crippen MR) is 83.0 cm³/mol. The van der Waals surface area contributed by atoms with Crippen LogP contribution in [-0.4, -0.2) is 31.0 Å². The van der Waals surface area contributed by atoms with Gasteiger partial charge in [0.2, 0.25) is 0 Å². The average molecular weight is 314 g/mol. The first-order valence-corrected chi connectivity index (χ1v) is 8.14. The summed E-state index contributed by atoms with van der Waals surface area (Å²) in [6, 6.07) is 5.56. The lowest BCUT2D eigenvalue weighted by atomic mass is 9.93. The van der Waals surface area contributed by atoms with Crippen molar-refractivity contribution in [1.82, 2.24) is 4.31 Å². The van der Waals surface area contributed by atoms with E-state index < -0.39 is 16.3 Å². The zero-order valence-electron chi connectivity index (χ0n) is 12.9. The Bertz CT molecular complexity index is 598. The lowest BCUT2D eigenvalue weighted by Crippen LogP contribution is -2.37. The quantitative estimate of drug-likeness (QED) is 0.873. The van der Waals surface area contributed by atoms with E-state index in [0.717, 1.165) is 18.2 Å². The fourth-order valence-electron chi connectivity index (χ4n) is 1.97. The van der Waals surface area contributed by atoms with Crippen LogP contribution in [-0.2, 0) is 10.2 Å².